The van der Waals surface area contributed by atoms with Crippen molar-refractivity contribution in [3.8, 4) is 0 Å². The average Bonchev–Trinajstić information content (AvgIpc) is 2.79. The van der Waals surface area contributed by atoms with Gasteiger partial charge >= 0.3 is 0 Å². The van der Waals surface area contributed by atoms with Crippen LogP contribution in [0, 0.1) is 5.82 Å². The number of hydrogen-bond donors (Lipinski definition) is 2. The molecule has 9 heteroatoms. The van der Waals surface area contributed by atoms with E-state index >= 15 is 0 Å². The predicted octanol–water partition coefficient (Wildman–Crippen LogP) is 1.32. The smallest absolute Gasteiger partial charge is 0.243 e. The van der Waals surface area contributed by atoms with Crippen molar-refractivity contribution in [3.05, 3.63) is 41.2 Å². The number of halogens is 2. The van der Waals surface area contributed by atoms with Crippen LogP contribution in [0.15, 0.2) is 29.4 Å². The standard InChI is InChI=1S/C12H14ClFN4O2S/c1-18-5-4-16-11(18)2-3-17-21(19,20)10-7-8(13)6-9(15)12(10)14/h4-7,17H,2-3,15H2,1H3. The molecule has 0 amide bonds. The summed E-state index contributed by atoms with van der Waals surface area (Å²) in [7, 11) is -2.23. The normalized spacial score (nSPS) is 11.8. The fourth-order valence-electron chi connectivity index (χ4n) is 1.79. The van der Waals surface area contributed by atoms with Crippen molar-refractivity contribution in [2.75, 3.05) is 12.3 Å². The van der Waals surface area contributed by atoms with E-state index in [2.05, 4.69) is 9.71 Å². The summed E-state index contributed by atoms with van der Waals surface area (Å²) in [6.07, 6.45) is 3.74. The Kier molecular flexibility index (Phi) is 4.50. The molecule has 21 heavy (non-hydrogen) atoms. The van der Waals surface area contributed by atoms with Gasteiger partial charge in [0, 0.05) is 37.4 Å². The topological polar surface area (TPSA) is 90.0 Å². The molecule has 2 rings (SSSR count). The summed E-state index contributed by atoms with van der Waals surface area (Å²) in [6, 6.07) is 2.18. The molecular weight excluding hydrogens is 319 g/mol. The Morgan fingerprint density at radius 1 is 1.48 bits per heavy atom. The first-order valence-electron chi connectivity index (χ1n) is 6.01. The molecule has 0 spiro atoms. The molecular formula is C12H14ClFN4O2S. The second-order valence-corrected chi connectivity index (χ2v) is 6.58. The molecule has 1 aromatic carbocycles. The van der Waals surface area contributed by atoms with Crippen LogP contribution in [0.5, 0.6) is 0 Å². The van der Waals surface area contributed by atoms with Crippen molar-refractivity contribution in [2.24, 2.45) is 7.05 Å². The zero-order chi connectivity index (χ0) is 15.6. The Balaban J connectivity index is 2.14. The highest BCUT2D eigenvalue weighted by molar-refractivity contribution is 7.89. The molecule has 0 bridgehead atoms. The van der Waals surface area contributed by atoms with Crippen molar-refractivity contribution < 1.29 is 12.8 Å². The van der Waals surface area contributed by atoms with Crippen LogP contribution in [-0.4, -0.2) is 24.5 Å². The van der Waals surface area contributed by atoms with Crippen LogP contribution < -0.4 is 10.5 Å². The Morgan fingerprint density at radius 2 is 2.19 bits per heavy atom. The van der Waals surface area contributed by atoms with Gasteiger partial charge < -0.3 is 10.3 Å². The van der Waals surface area contributed by atoms with Crippen molar-refractivity contribution >= 4 is 27.3 Å². The van der Waals surface area contributed by atoms with Crippen molar-refractivity contribution in [2.45, 2.75) is 11.3 Å². The van der Waals surface area contributed by atoms with E-state index in [1.807, 2.05) is 0 Å². The van der Waals surface area contributed by atoms with E-state index in [4.69, 9.17) is 17.3 Å². The number of hydrogen-bond acceptors (Lipinski definition) is 4. The van der Waals surface area contributed by atoms with Gasteiger partial charge in [-0.15, -0.1) is 0 Å². The predicted molar refractivity (Wildman–Crippen MR) is 77.9 cm³/mol. The molecule has 0 saturated heterocycles. The molecule has 0 aliphatic rings. The molecule has 0 saturated carbocycles. The average molecular weight is 333 g/mol. The molecule has 0 unspecified atom stereocenters. The number of rotatable bonds is 5. The summed E-state index contributed by atoms with van der Waals surface area (Å²) in [5.74, 6) is -0.298. The highest BCUT2D eigenvalue weighted by Gasteiger charge is 2.21. The third-order valence-electron chi connectivity index (χ3n) is 2.88. The second-order valence-electron chi connectivity index (χ2n) is 4.41. The zero-order valence-corrected chi connectivity index (χ0v) is 12.7. The summed E-state index contributed by atoms with van der Waals surface area (Å²) < 4.78 is 42.1. The number of nitrogens with two attached hydrogens (primary N) is 1. The van der Waals surface area contributed by atoms with Gasteiger partial charge in [0.15, 0.2) is 5.82 Å². The van der Waals surface area contributed by atoms with Gasteiger partial charge in [-0.2, -0.15) is 0 Å². The second kappa shape index (κ2) is 6.00. The third kappa shape index (κ3) is 3.52. The summed E-state index contributed by atoms with van der Waals surface area (Å²) in [6.45, 7) is 0.0824. The maximum atomic E-state index is 13.8. The lowest BCUT2D eigenvalue weighted by molar-refractivity contribution is 0.558. The molecule has 114 valence electrons. The molecule has 2 aromatic rings. The van der Waals surface area contributed by atoms with Crippen molar-refractivity contribution in [1.82, 2.24) is 14.3 Å². The van der Waals surface area contributed by atoms with Crippen LogP contribution in [-0.2, 0) is 23.5 Å². The fourth-order valence-corrected chi connectivity index (χ4v) is 3.25. The molecule has 0 radical (unpaired) electrons. The van der Waals surface area contributed by atoms with E-state index in [1.165, 1.54) is 0 Å². The molecule has 0 atom stereocenters. The summed E-state index contributed by atoms with van der Waals surface area (Å²) in [5.41, 5.74) is 5.07. The first-order valence-corrected chi connectivity index (χ1v) is 7.88. The molecule has 1 heterocycles. The Labute approximate surface area is 126 Å². The number of aryl methyl sites for hydroxylation is 1. The van der Waals surface area contributed by atoms with Crippen LogP contribution >= 0.6 is 11.6 Å². The first-order chi connectivity index (χ1) is 9.81. The van der Waals surface area contributed by atoms with Crippen LogP contribution in [0.3, 0.4) is 0 Å². The van der Waals surface area contributed by atoms with Gasteiger partial charge in [0.2, 0.25) is 10.0 Å². The van der Waals surface area contributed by atoms with Crippen LogP contribution in [0.2, 0.25) is 5.02 Å². The largest absolute Gasteiger partial charge is 0.396 e. The minimum Gasteiger partial charge on any atom is -0.396 e. The SMILES string of the molecule is Cn1ccnc1CCNS(=O)(=O)c1cc(Cl)cc(N)c1F. The summed E-state index contributed by atoms with van der Waals surface area (Å²) in [5, 5.41) is 0.0541. The molecule has 1 aromatic heterocycles. The van der Waals surface area contributed by atoms with Gasteiger partial charge in [-0.25, -0.2) is 22.5 Å². The van der Waals surface area contributed by atoms with Crippen molar-refractivity contribution in [3.63, 3.8) is 0 Å². The molecule has 3 N–H and O–H groups in total. The molecule has 0 fully saturated rings. The number of sulfonamides is 1. The van der Waals surface area contributed by atoms with E-state index in [0.29, 0.717) is 12.2 Å². The first kappa shape index (κ1) is 15.7. The molecule has 0 aliphatic carbocycles. The van der Waals surface area contributed by atoms with Gasteiger partial charge in [-0.3, -0.25) is 0 Å². The number of nitrogen functional groups attached to an aromatic ring is 1. The van der Waals surface area contributed by atoms with Crippen LogP contribution in [0.1, 0.15) is 5.82 Å². The minimum absolute atomic E-state index is 0.0541. The fraction of sp³-hybridized carbons (Fsp3) is 0.250. The summed E-state index contributed by atoms with van der Waals surface area (Å²) in [4.78, 5) is 3.50. The number of benzene rings is 1. The minimum atomic E-state index is -4.03. The van der Waals surface area contributed by atoms with Crippen molar-refractivity contribution in [1.29, 1.82) is 0 Å². The zero-order valence-electron chi connectivity index (χ0n) is 11.2. The number of anilines is 1. The quantitative estimate of drug-likeness (QED) is 0.808. The Morgan fingerprint density at radius 3 is 2.81 bits per heavy atom. The number of nitrogens with zero attached hydrogens (tertiary/aromatic N) is 2. The molecule has 0 aliphatic heterocycles. The van der Waals surface area contributed by atoms with E-state index in [1.54, 1.807) is 24.0 Å². The van der Waals surface area contributed by atoms with Gasteiger partial charge in [0.25, 0.3) is 0 Å². The van der Waals surface area contributed by atoms with Gasteiger partial charge in [-0.1, -0.05) is 11.6 Å². The van der Waals surface area contributed by atoms with E-state index < -0.39 is 20.7 Å². The number of aromatic nitrogens is 2. The highest BCUT2D eigenvalue weighted by Crippen LogP contribution is 2.25. The van der Waals surface area contributed by atoms with E-state index in [9.17, 15) is 12.8 Å². The Bertz CT molecular complexity index is 761. The highest BCUT2D eigenvalue weighted by atomic mass is 35.5. The molecule has 6 nitrogen and oxygen atoms in total. The lowest BCUT2D eigenvalue weighted by atomic mass is 10.3. The number of nitrogens with one attached hydrogen (secondary N) is 1. The maximum absolute atomic E-state index is 13.8. The van der Waals surface area contributed by atoms with Gasteiger partial charge in [-0.05, 0) is 12.1 Å². The third-order valence-corrected chi connectivity index (χ3v) is 4.56. The summed E-state index contributed by atoms with van der Waals surface area (Å²) >= 11 is 5.71. The van der Waals surface area contributed by atoms with Gasteiger partial charge in [0.05, 0.1) is 5.69 Å². The van der Waals surface area contributed by atoms with Gasteiger partial charge in [0.1, 0.15) is 10.7 Å². The van der Waals surface area contributed by atoms with Crippen LogP contribution in [0.25, 0.3) is 0 Å². The lowest BCUT2D eigenvalue weighted by Gasteiger charge is -2.09. The van der Waals surface area contributed by atoms with Crippen LogP contribution in [0.4, 0.5) is 10.1 Å². The maximum Gasteiger partial charge on any atom is 0.243 e. The Hall–Kier alpha value is -1.64. The lowest BCUT2D eigenvalue weighted by Crippen LogP contribution is -2.27. The van der Waals surface area contributed by atoms with E-state index in [0.717, 1.165) is 12.1 Å². The van der Waals surface area contributed by atoms with E-state index in [-0.39, 0.29) is 17.3 Å². The number of imidazole rings is 1. The monoisotopic (exact) mass is 332 g/mol.